The highest BCUT2D eigenvalue weighted by molar-refractivity contribution is 5.96. The van der Waals surface area contributed by atoms with Crippen LogP contribution in [0.3, 0.4) is 0 Å². The number of alkyl carbamates (subject to hydrolysis) is 1. The van der Waals surface area contributed by atoms with Crippen molar-refractivity contribution in [2.75, 3.05) is 33.0 Å². The van der Waals surface area contributed by atoms with E-state index in [0.29, 0.717) is 0 Å². The summed E-state index contributed by atoms with van der Waals surface area (Å²) in [5.74, 6) is -8.89. The molecule has 11 atom stereocenters. The van der Waals surface area contributed by atoms with Crippen molar-refractivity contribution in [1.82, 2.24) is 5.32 Å². The molecule has 406 valence electrons. The summed E-state index contributed by atoms with van der Waals surface area (Å²) in [5, 5.41) is 70.0. The SMILES string of the molecule is CC(=O)O[C@@]12CO[C@@H]1C[C@H](OC(=O)C(C)(CO)CO)[C@@]1(C)C(=O)[C@H](OC(=O)C(C)(CO)CO)C3=C(C)[C@@H](OC(=O)[C@H](O)[C@@H](NC(=O)OC(C)(C)C)c4ccccc4)C[C@@](O)([C@@H](OC(=O)c4ccccc4)[C@H]21)C3(C)C. The van der Waals surface area contributed by atoms with Crippen LogP contribution in [0.5, 0.6) is 0 Å². The Kier molecular flexibility index (Phi) is 16.4. The van der Waals surface area contributed by atoms with Gasteiger partial charge in [-0.3, -0.25) is 19.2 Å². The first-order valence-corrected chi connectivity index (χ1v) is 24.3. The van der Waals surface area contributed by atoms with E-state index in [-0.39, 0.29) is 22.3 Å². The fourth-order valence-corrected chi connectivity index (χ4v) is 10.7. The Morgan fingerprint density at radius 3 is 1.84 bits per heavy atom. The Morgan fingerprint density at radius 1 is 0.797 bits per heavy atom. The van der Waals surface area contributed by atoms with Crippen LogP contribution in [0.15, 0.2) is 71.8 Å². The van der Waals surface area contributed by atoms with Gasteiger partial charge in [0.2, 0.25) is 0 Å². The van der Waals surface area contributed by atoms with Crippen molar-refractivity contribution >= 4 is 41.7 Å². The van der Waals surface area contributed by atoms with Crippen molar-refractivity contribution in [1.29, 1.82) is 0 Å². The van der Waals surface area contributed by atoms with E-state index < -0.39 is 175 Å². The minimum Gasteiger partial charge on any atom is -0.461 e. The van der Waals surface area contributed by atoms with Crippen LogP contribution in [0.1, 0.15) is 104 Å². The van der Waals surface area contributed by atoms with E-state index in [1.807, 2.05) is 0 Å². The molecule has 2 aromatic carbocycles. The third kappa shape index (κ3) is 10.2. The lowest BCUT2D eigenvalue weighted by molar-refractivity contribution is -0.347. The predicted molar refractivity (Wildman–Crippen MR) is 256 cm³/mol. The van der Waals surface area contributed by atoms with Gasteiger partial charge in [0.15, 0.2) is 23.6 Å². The van der Waals surface area contributed by atoms with Crippen molar-refractivity contribution in [3.05, 3.63) is 82.9 Å². The molecular formula is C53H69NO20. The Labute approximate surface area is 428 Å². The Hall–Kier alpha value is -5.81. The maximum atomic E-state index is 16.5. The topological polar surface area (TPSA) is 318 Å². The highest BCUT2D eigenvalue weighted by Gasteiger charge is 2.79. The molecule has 0 unspecified atom stereocenters. The van der Waals surface area contributed by atoms with Crippen LogP contribution in [0.2, 0.25) is 0 Å². The number of fused-ring (bicyclic) bond motifs is 5. The van der Waals surface area contributed by atoms with Crippen LogP contribution in [-0.4, -0.2) is 159 Å². The van der Waals surface area contributed by atoms with Crippen LogP contribution in [0.4, 0.5) is 4.79 Å². The summed E-state index contributed by atoms with van der Waals surface area (Å²) in [6.07, 6.45) is -13.4. The van der Waals surface area contributed by atoms with Gasteiger partial charge in [0.05, 0.1) is 56.0 Å². The highest BCUT2D eigenvalue weighted by Crippen LogP contribution is 2.65. The lowest BCUT2D eigenvalue weighted by Crippen LogP contribution is -2.82. The van der Waals surface area contributed by atoms with Crippen LogP contribution < -0.4 is 5.32 Å². The van der Waals surface area contributed by atoms with Gasteiger partial charge in [-0.1, -0.05) is 62.4 Å². The molecule has 3 aliphatic carbocycles. The number of aliphatic hydroxyl groups is 6. The number of nitrogens with one attached hydrogen (secondary N) is 1. The van der Waals surface area contributed by atoms with Gasteiger partial charge in [-0.05, 0) is 77.3 Å². The van der Waals surface area contributed by atoms with Gasteiger partial charge in [0.25, 0.3) is 0 Å². The molecule has 1 amide bonds. The molecule has 3 fully saturated rings. The van der Waals surface area contributed by atoms with Crippen molar-refractivity contribution < 1.29 is 97.4 Å². The first-order valence-electron chi connectivity index (χ1n) is 24.3. The van der Waals surface area contributed by atoms with Crippen molar-refractivity contribution in [3.63, 3.8) is 0 Å². The number of Topliss-reactive ketones (excluding diaryl/α,β-unsaturated/α-hetero) is 1. The lowest BCUT2D eigenvalue weighted by atomic mass is 9.44. The maximum Gasteiger partial charge on any atom is 0.408 e. The zero-order valence-electron chi connectivity index (χ0n) is 43.2. The Balaban J connectivity index is 1.65. The fraction of sp³-hybridized carbons (Fsp3) is 0.604. The number of esters is 5. The number of ketones is 1. The third-order valence-electron chi connectivity index (χ3n) is 15.4. The first kappa shape index (κ1) is 57.5. The number of rotatable bonds is 16. The molecule has 0 aromatic heterocycles. The number of carbonyl (C=O) groups excluding carboxylic acids is 7. The third-order valence-corrected chi connectivity index (χ3v) is 15.4. The quantitative estimate of drug-likeness (QED) is 0.0721. The molecule has 74 heavy (non-hydrogen) atoms. The van der Waals surface area contributed by atoms with E-state index in [2.05, 4.69) is 5.32 Å². The minimum atomic E-state index is -2.66. The van der Waals surface area contributed by atoms with Crippen LogP contribution in [-0.2, 0) is 57.1 Å². The molecule has 1 saturated heterocycles. The molecule has 6 rings (SSSR count). The number of benzene rings is 2. The maximum absolute atomic E-state index is 16.5. The monoisotopic (exact) mass is 1040 g/mol. The second kappa shape index (κ2) is 21.1. The van der Waals surface area contributed by atoms with Gasteiger partial charge < -0.3 is 69.1 Å². The number of carbonyl (C=O) groups is 7. The van der Waals surface area contributed by atoms with Crippen molar-refractivity contribution in [2.45, 2.75) is 142 Å². The summed E-state index contributed by atoms with van der Waals surface area (Å²) in [7, 11) is 0. The van der Waals surface area contributed by atoms with Crippen LogP contribution in [0.25, 0.3) is 0 Å². The zero-order chi connectivity index (χ0) is 55.1. The summed E-state index contributed by atoms with van der Waals surface area (Å²) in [5.41, 5.74) is -14.2. The number of hydrogen-bond donors (Lipinski definition) is 7. The molecule has 1 heterocycles. The molecule has 0 radical (unpaired) electrons. The average Bonchev–Trinajstić information content (AvgIpc) is 3.35. The van der Waals surface area contributed by atoms with Gasteiger partial charge in [-0.2, -0.15) is 0 Å². The second-order valence-electron chi connectivity index (χ2n) is 22.1. The Morgan fingerprint density at radius 2 is 1.34 bits per heavy atom. The van der Waals surface area contributed by atoms with Gasteiger partial charge >= 0.3 is 35.9 Å². The van der Waals surface area contributed by atoms with Crippen molar-refractivity contribution in [3.8, 4) is 0 Å². The molecule has 21 nitrogen and oxygen atoms in total. The van der Waals surface area contributed by atoms with Gasteiger partial charge in [0.1, 0.15) is 46.4 Å². The van der Waals surface area contributed by atoms with Gasteiger partial charge in [-0.25, -0.2) is 14.4 Å². The molecule has 0 spiro atoms. The number of hydrogen-bond acceptors (Lipinski definition) is 20. The highest BCUT2D eigenvalue weighted by atomic mass is 16.6. The predicted octanol–water partition coefficient (Wildman–Crippen LogP) is 2.34. The van der Waals surface area contributed by atoms with Gasteiger partial charge in [-0.15, -0.1) is 0 Å². The van der Waals surface area contributed by atoms with Crippen LogP contribution in [0, 0.1) is 27.6 Å². The molecule has 21 heteroatoms. The Bertz CT molecular complexity index is 2500. The normalized spacial score (nSPS) is 29.3. The lowest BCUT2D eigenvalue weighted by Gasteiger charge is -2.67. The van der Waals surface area contributed by atoms with Gasteiger partial charge in [0, 0.05) is 25.2 Å². The summed E-state index contributed by atoms with van der Waals surface area (Å²) < 4.78 is 42.6. The van der Waals surface area contributed by atoms with E-state index >= 15 is 4.79 Å². The van der Waals surface area contributed by atoms with E-state index in [4.69, 9.17) is 33.2 Å². The number of amides is 1. The molecular weight excluding hydrogens is 971 g/mol. The van der Waals surface area contributed by atoms with Crippen molar-refractivity contribution in [2.24, 2.45) is 27.6 Å². The summed E-state index contributed by atoms with van der Waals surface area (Å²) >= 11 is 0. The molecule has 1 aliphatic heterocycles. The number of aliphatic hydroxyl groups excluding tert-OH is 5. The summed E-state index contributed by atoms with van der Waals surface area (Å²) in [6, 6.07) is 13.9. The zero-order valence-corrected chi connectivity index (χ0v) is 43.2. The van der Waals surface area contributed by atoms with E-state index in [9.17, 15) is 59.4 Å². The average molecular weight is 1040 g/mol. The summed E-state index contributed by atoms with van der Waals surface area (Å²) in [6.45, 7) is 9.41. The standard InChI is InChI=1S/C53H69NO20/c1-28-32(69-43(63)37(60)36(30-17-13-11-14-18-30)54-46(66)74-47(3,4)5)22-53(67)41(72-42(62)31-19-15-12-16-20-31)39-51(10,40(61)38(35(28)48(53,6)7)71-45(65)50(9,25-57)26-58)33(70-44(64)49(8,23-55)24-56)21-34-52(39,27-68-34)73-29(2)59/h11-20,32-34,36-39,41,55-58,60,67H,21-27H2,1-10H3,(H,54,66)/t32-,33-,34+,36-,37+,38+,39-,41-,51+,52-,53+/m0/s1. The van der Waals surface area contributed by atoms with E-state index in [1.165, 1.54) is 71.0 Å². The molecule has 2 aromatic rings. The largest absolute Gasteiger partial charge is 0.461 e. The van der Waals surface area contributed by atoms with E-state index in [0.717, 1.165) is 13.8 Å². The second-order valence-corrected chi connectivity index (χ2v) is 22.1. The molecule has 7 N–H and O–H groups in total. The minimum absolute atomic E-state index is 0.0373. The smallest absolute Gasteiger partial charge is 0.408 e. The van der Waals surface area contributed by atoms with Crippen LogP contribution >= 0.6 is 0 Å². The van der Waals surface area contributed by atoms with E-state index in [1.54, 1.807) is 45.0 Å². The molecule has 4 aliphatic rings. The summed E-state index contributed by atoms with van der Waals surface area (Å²) in [4.78, 5) is 101. The number of ether oxygens (including phenoxy) is 7. The molecule has 2 saturated carbocycles. The fourth-order valence-electron chi connectivity index (χ4n) is 10.7. The molecule has 2 bridgehead atoms. The first-order chi connectivity index (χ1) is 34.4.